The maximum absolute atomic E-state index is 10.4. The van der Waals surface area contributed by atoms with Gasteiger partial charge in [0.2, 0.25) is 0 Å². The van der Waals surface area contributed by atoms with Gasteiger partial charge in [0, 0.05) is 6.42 Å². The van der Waals surface area contributed by atoms with Crippen molar-refractivity contribution in [3.05, 3.63) is 35.4 Å². The molecular formula is C14H18O3. The highest BCUT2D eigenvalue weighted by Gasteiger charge is 2.02. The minimum atomic E-state index is -0.768. The summed E-state index contributed by atoms with van der Waals surface area (Å²) in [5.41, 5.74) is 3.23. The van der Waals surface area contributed by atoms with Gasteiger partial charge in [0.25, 0.3) is 0 Å². The first-order valence-electron chi connectivity index (χ1n) is 5.58. The third-order valence-corrected chi connectivity index (χ3v) is 2.67. The molecule has 0 aromatic heterocycles. The number of methoxy groups -OCH3 is 1. The first kappa shape index (κ1) is 13.3. The summed E-state index contributed by atoms with van der Waals surface area (Å²) < 4.78 is 5.26. The maximum Gasteiger partial charge on any atom is 0.303 e. The SMILES string of the molecule is COc1cc(/C(C)=C/CCC(=O)O)ccc1C. The quantitative estimate of drug-likeness (QED) is 0.850. The molecule has 0 amide bonds. The molecule has 0 heterocycles. The van der Waals surface area contributed by atoms with Crippen LogP contribution in [0.3, 0.4) is 0 Å². The van der Waals surface area contributed by atoms with E-state index in [2.05, 4.69) is 0 Å². The molecule has 0 radical (unpaired) electrons. The van der Waals surface area contributed by atoms with Gasteiger partial charge in [0.15, 0.2) is 0 Å². The normalized spacial score (nSPS) is 11.4. The highest BCUT2D eigenvalue weighted by molar-refractivity contribution is 5.69. The molecule has 0 saturated carbocycles. The predicted octanol–water partition coefficient (Wildman–Crippen LogP) is 3.27. The van der Waals surface area contributed by atoms with Gasteiger partial charge < -0.3 is 9.84 Å². The lowest BCUT2D eigenvalue weighted by Crippen LogP contribution is -1.93. The number of aryl methyl sites for hydroxylation is 1. The summed E-state index contributed by atoms with van der Waals surface area (Å²) in [6.07, 6.45) is 2.66. The van der Waals surface area contributed by atoms with Crippen molar-refractivity contribution in [2.24, 2.45) is 0 Å². The van der Waals surface area contributed by atoms with E-state index >= 15 is 0 Å². The first-order chi connectivity index (χ1) is 8.04. The summed E-state index contributed by atoms with van der Waals surface area (Å²) in [6, 6.07) is 6.00. The van der Waals surface area contributed by atoms with Crippen LogP contribution in [0.25, 0.3) is 5.57 Å². The van der Waals surface area contributed by atoms with Crippen LogP contribution in [-0.2, 0) is 4.79 Å². The summed E-state index contributed by atoms with van der Waals surface area (Å²) >= 11 is 0. The van der Waals surface area contributed by atoms with Crippen LogP contribution >= 0.6 is 0 Å². The molecule has 0 atom stereocenters. The predicted molar refractivity (Wildman–Crippen MR) is 68.3 cm³/mol. The van der Waals surface area contributed by atoms with Crippen LogP contribution < -0.4 is 4.74 Å². The minimum Gasteiger partial charge on any atom is -0.496 e. The zero-order valence-electron chi connectivity index (χ0n) is 10.5. The molecule has 0 fully saturated rings. The molecule has 0 unspecified atom stereocenters. The fourth-order valence-electron chi connectivity index (χ4n) is 1.60. The van der Waals surface area contributed by atoms with E-state index in [0.29, 0.717) is 6.42 Å². The summed E-state index contributed by atoms with van der Waals surface area (Å²) in [6.45, 7) is 3.97. The summed E-state index contributed by atoms with van der Waals surface area (Å²) in [5, 5.41) is 8.57. The molecule has 1 aromatic carbocycles. The van der Waals surface area contributed by atoms with Gasteiger partial charge in [-0.05, 0) is 43.0 Å². The van der Waals surface area contributed by atoms with Crippen molar-refractivity contribution in [1.82, 2.24) is 0 Å². The lowest BCUT2D eigenvalue weighted by atomic mass is 10.0. The molecule has 1 N–H and O–H groups in total. The molecule has 1 aromatic rings. The average Bonchev–Trinajstić information content (AvgIpc) is 2.29. The lowest BCUT2D eigenvalue weighted by molar-refractivity contribution is -0.136. The second kappa shape index (κ2) is 6.09. The molecule has 0 spiro atoms. The Morgan fingerprint density at radius 1 is 1.47 bits per heavy atom. The number of ether oxygens (including phenoxy) is 1. The standard InChI is InChI=1S/C14H18O3/c1-10(5-4-6-14(15)16)12-8-7-11(2)13(9-12)17-3/h5,7-9H,4,6H2,1-3H3,(H,15,16)/b10-5+. The number of carbonyl (C=O) groups is 1. The van der Waals surface area contributed by atoms with Crippen LogP contribution in [0.5, 0.6) is 5.75 Å². The molecule has 0 bridgehead atoms. The summed E-state index contributed by atoms with van der Waals surface area (Å²) in [4.78, 5) is 10.4. The number of carboxylic acid groups (broad SMARTS) is 1. The largest absolute Gasteiger partial charge is 0.496 e. The van der Waals surface area contributed by atoms with E-state index in [0.717, 1.165) is 22.4 Å². The summed E-state index contributed by atoms with van der Waals surface area (Å²) in [7, 11) is 1.65. The third kappa shape index (κ3) is 3.94. The topological polar surface area (TPSA) is 46.5 Å². The van der Waals surface area contributed by atoms with Crippen molar-refractivity contribution in [3.63, 3.8) is 0 Å². The van der Waals surface area contributed by atoms with Gasteiger partial charge in [0.1, 0.15) is 5.75 Å². The first-order valence-corrected chi connectivity index (χ1v) is 5.58. The van der Waals surface area contributed by atoms with Gasteiger partial charge >= 0.3 is 5.97 Å². The maximum atomic E-state index is 10.4. The Bertz CT molecular complexity index is 433. The van der Waals surface area contributed by atoms with Crippen LogP contribution in [0.2, 0.25) is 0 Å². The van der Waals surface area contributed by atoms with Crippen molar-refractivity contribution in [2.45, 2.75) is 26.7 Å². The Morgan fingerprint density at radius 3 is 2.76 bits per heavy atom. The van der Waals surface area contributed by atoms with E-state index in [-0.39, 0.29) is 6.42 Å². The van der Waals surface area contributed by atoms with E-state index in [1.807, 2.05) is 38.1 Å². The van der Waals surface area contributed by atoms with Crippen LogP contribution in [0, 0.1) is 6.92 Å². The fraction of sp³-hybridized carbons (Fsp3) is 0.357. The van der Waals surface area contributed by atoms with Crippen molar-refractivity contribution in [3.8, 4) is 5.75 Å². The molecule has 0 aliphatic heterocycles. The zero-order valence-corrected chi connectivity index (χ0v) is 10.5. The number of rotatable bonds is 5. The van der Waals surface area contributed by atoms with E-state index in [9.17, 15) is 4.79 Å². The molecule has 17 heavy (non-hydrogen) atoms. The number of aliphatic carboxylic acids is 1. The van der Waals surface area contributed by atoms with Crippen molar-refractivity contribution < 1.29 is 14.6 Å². The number of hydrogen-bond acceptors (Lipinski definition) is 2. The molecule has 3 heteroatoms. The summed E-state index contributed by atoms with van der Waals surface area (Å²) in [5.74, 6) is 0.0871. The van der Waals surface area contributed by atoms with E-state index in [1.54, 1.807) is 7.11 Å². The van der Waals surface area contributed by atoms with Gasteiger partial charge in [0.05, 0.1) is 7.11 Å². The van der Waals surface area contributed by atoms with Crippen molar-refractivity contribution >= 4 is 11.5 Å². The second-order valence-corrected chi connectivity index (χ2v) is 4.00. The van der Waals surface area contributed by atoms with Gasteiger partial charge in [-0.2, -0.15) is 0 Å². The number of carboxylic acids is 1. The van der Waals surface area contributed by atoms with E-state index < -0.39 is 5.97 Å². The average molecular weight is 234 g/mol. The van der Waals surface area contributed by atoms with Gasteiger partial charge in [-0.25, -0.2) is 0 Å². The molecule has 1 rings (SSSR count). The minimum absolute atomic E-state index is 0.167. The van der Waals surface area contributed by atoms with Crippen molar-refractivity contribution in [2.75, 3.05) is 7.11 Å². The third-order valence-electron chi connectivity index (χ3n) is 2.67. The molecule has 0 aliphatic rings. The highest BCUT2D eigenvalue weighted by atomic mass is 16.5. The Hall–Kier alpha value is -1.77. The zero-order chi connectivity index (χ0) is 12.8. The van der Waals surface area contributed by atoms with Crippen LogP contribution in [-0.4, -0.2) is 18.2 Å². The molecule has 3 nitrogen and oxygen atoms in total. The van der Waals surface area contributed by atoms with Crippen LogP contribution in [0.15, 0.2) is 24.3 Å². The Balaban J connectivity index is 2.81. The smallest absolute Gasteiger partial charge is 0.303 e. The number of allylic oxidation sites excluding steroid dienone is 2. The molecular weight excluding hydrogens is 216 g/mol. The second-order valence-electron chi connectivity index (χ2n) is 4.00. The Labute approximate surface area is 102 Å². The van der Waals surface area contributed by atoms with E-state index in [4.69, 9.17) is 9.84 Å². The highest BCUT2D eigenvalue weighted by Crippen LogP contribution is 2.23. The molecule has 0 saturated heterocycles. The van der Waals surface area contributed by atoms with E-state index in [1.165, 1.54) is 0 Å². The lowest BCUT2D eigenvalue weighted by Gasteiger charge is -2.08. The van der Waals surface area contributed by atoms with Crippen LogP contribution in [0.4, 0.5) is 0 Å². The fourth-order valence-corrected chi connectivity index (χ4v) is 1.60. The number of benzene rings is 1. The van der Waals surface area contributed by atoms with Gasteiger partial charge in [-0.15, -0.1) is 0 Å². The Morgan fingerprint density at radius 2 is 2.18 bits per heavy atom. The van der Waals surface area contributed by atoms with Gasteiger partial charge in [-0.3, -0.25) is 4.79 Å². The number of hydrogen-bond donors (Lipinski definition) is 1. The van der Waals surface area contributed by atoms with Crippen molar-refractivity contribution in [1.29, 1.82) is 0 Å². The monoisotopic (exact) mass is 234 g/mol. The molecule has 92 valence electrons. The molecule has 0 aliphatic carbocycles. The Kier molecular flexibility index (Phi) is 4.76. The van der Waals surface area contributed by atoms with Gasteiger partial charge in [-0.1, -0.05) is 18.2 Å². The van der Waals surface area contributed by atoms with Crippen LogP contribution in [0.1, 0.15) is 30.9 Å².